The molecule has 1 aromatic heterocycles. The SMILES string of the molecule is Cc1ccc(C(=O)N2[C@@H]3CC[C@H]2[C@]2(CC(=O)c4ccccc4O2)C3)cn1. The number of benzene rings is 1. The zero-order valence-electron chi connectivity index (χ0n) is 14.6. The summed E-state index contributed by atoms with van der Waals surface area (Å²) in [6.45, 7) is 1.90. The third-order valence-electron chi connectivity index (χ3n) is 6.04. The van der Waals surface area contributed by atoms with Crippen LogP contribution in [-0.2, 0) is 0 Å². The van der Waals surface area contributed by atoms with Gasteiger partial charge in [-0.3, -0.25) is 14.6 Å². The number of nitrogens with zero attached hydrogens (tertiary/aromatic N) is 2. The average Bonchev–Trinajstić information content (AvgIpc) is 3.17. The van der Waals surface area contributed by atoms with Crippen LogP contribution in [-0.4, -0.2) is 39.3 Å². The molecule has 5 nitrogen and oxygen atoms in total. The molecule has 1 aromatic carbocycles. The van der Waals surface area contributed by atoms with Crippen molar-refractivity contribution in [3.05, 3.63) is 59.4 Å². The Morgan fingerprint density at radius 3 is 2.88 bits per heavy atom. The van der Waals surface area contributed by atoms with Gasteiger partial charge in [-0.15, -0.1) is 0 Å². The van der Waals surface area contributed by atoms with Crippen LogP contribution in [0.1, 0.15) is 52.1 Å². The maximum Gasteiger partial charge on any atom is 0.256 e. The number of hydrogen-bond donors (Lipinski definition) is 0. The minimum atomic E-state index is -0.581. The van der Waals surface area contributed by atoms with Crippen LogP contribution in [0.3, 0.4) is 0 Å². The van der Waals surface area contributed by atoms with Crippen LogP contribution in [0.5, 0.6) is 5.75 Å². The van der Waals surface area contributed by atoms with E-state index < -0.39 is 5.60 Å². The van der Waals surface area contributed by atoms with E-state index in [2.05, 4.69) is 4.98 Å². The predicted octanol–water partition coefficient (Wildman–Crippen LogP) is 3.17. The molecule has 2 saturated heterocycles. The summed E-state index contributed by atoms with van der Waals surface area (Å²) in [5.41, 5.74) is 1.57. The highest BCUT2D eigenvalue weighted by molar-refractivity contribution is 6.01. The van der Waals surface area contributed by atoms with Crippen molar-refractivity contribution < 1.29 is 14.3 Å². The van der Waals surface area contributed by atoms with Gasteiger partial charge in [0.25, 0.3) is 5.91 Å². The molecule has 0 unspecified atom stereocenters. The lowest BCUT2D eigenvalue weighted by Gasteiger charge is -2.40. The highest BCUT2D eigenvalue weighted by atomic mass is 16.5. The number of para-hydroxylation sites is 1. The molecule has 4 heterocycles. The van der Waals surface area contributed by atoms with Crippen molar-refractivity contribution >= 4 is 11.7 Å². The molecule has 5 rings (SSSR count). The molecule has 3 atom stereocenters. The van der Waals surface area contributed by atoms with Gasteiger partial charge in [0.15, 0.2) is 5.78 Å². The number of ether oxygens (including phenoxy) is 1. The normalized spacial score (nSPS) is 29.0. The molecule has 1 amide bonds. The summed E-state index contributed by atoms with van der Waals surface area (Å²) in [5.74, 6) is 0.765. The third kappa shape index (κ3) is 2.13. The van der Waals surface area contributed by atoms with E-state index in [-0.39, 0.29) is 23.8 Å². The summed E-state index contributed by atoms with van der Waals surface area (Å²) < 4.78 is 6.39. The van der Waals surface area contributed by atoms with E-state index >= 15 is 0 Å². The number of rotatable bonds is 1. The van der Waals surface area contributed by atoms with E-state index in [1.54, 1.807) is 6.20 Å². The fraction of sp³-hybridized carbons (Fsp3) is 0.381. The monoisotopic (exact) mass is 348 g/mol. The van der Waals surface area contributed by atoms with Crippen molar-refractivity contribution in [1.82, 2.24) is 9.88 Å². The number of pyridine rings is 1. The van der Waals surface area contributed by atoms with Crippen LogP contribution in [0.25, 0.3) is 0 Å². The first-order valence-corrected chi connectivity index (χ1v) is 9.14. The second-order valence-electron chi connectivity index (χ2n) is 7.61. The van der Waals surface area contributed by atoms with E-state index in [0.29, 0.717) is 23.3 Å². The standard InChI is InChI=1S/C21H20N2O3/c1-13-6-7-14(12-22-13)20(25)23-15-8-9-19(23)21(10-15)11-17(24)16-4-2-3-5-18(16)26-21/h2-7,12,15,19H,8-11H2,1H3/t15-,19+,21-/m1/s1. The Hall–Kier alpha value is -2.69. The minimum absolute atomic E-state index is 0.00298. The van der Waals surface area contributed by atoms with Crippen LogP contribution in [0.2, 0.25) is 0 Å². The number of hydrogen-bond acceptors (Lipinski definition) is 4. The molecule has 0 aliphatic carbocycles. The Labute approximate surface area is 152 Å². The number of amides is 1. The highest BCUT2D eigenvalue weighted by Crippen LogP contribution is 2.51. The third-order valence-corrected chi connectivity index (χ3v) is 6.04. The quantitative estimate of drug-likeness (QED) is 0.794. The van der Waals surface area contributed by atoms with Crippen LogP contribution in [0.15, 0.2) is 42.6 Å². The van der Waals surface area contributed by atoms with Crippen molar-refractivity contribution in [1.29, 1.82) is 0 Å². The van der Waals surface area contributed by atoms with E-state index in [0.717, 1.165) is 25.0 Å². The van der Waals surface area contributed by atoms with Crippen LogP contribution in [0, 0.1) is 6.92 Å². The van der Waals surface area contributed by atoms with Crippen molar-refractivity contribution in [3.8, 4) is 5.75 Å². The summed E-state index contributed by atoms with van der Waals surface area (Å²) in [5, 5.41) is 0. The smallest absolute Gasteiger partial charge is 0.256 e. The molecule has 2 bridgehead atoms. The van der Waals surface area contributed by atoms with Gasteiger partial charge >= 0.3 is 0 Å². The molecular weight excluding hydrogens is 328 g/mol. The van der Waals surface area contributed by atoms with Crippen LogP contribution < -0.4 is 4.74 Å². The van der Waals surface area contributed by atoms with Crippen molar-refractivity contribution in [2.75, 3.05) is 0 Å². The van der Waals surface area contributed by atoms with Gasteiger partial charge in [-0.25, -0.2) is 0 Å². The molecule has 0 saturated carbocycles. The second-order valence-corrected chi connectivity index (χ2v) is 7.61. The number of carbonyl (C=O) groups is 2. The van der Waals surface area contributed by atoms with Crippen molar-refractivity contribution in [2.45, 2.75) is 50.3 Å². The molecule has 0 N–H and O–H groups in total. The Morgan fingerprint density at radius 1 is 1.23 bits per heavy atom. The van der Waals surface area contributed by atoms with Gasteiger partial charge < -0.3 is 9.64 Å². The summed E-state index contributed by atoms with van der Waals surface area (Å²) in [7, 11) is 0. The molecule has 26 heavy (non-hydrogen) atoms. The van der Waals surface area contributed by atoms with Gasteiger partial charge in [0.05, 0.1) is 23.6 Å². The second kappa shape index (κ2) is 5.40. The average molecular weight is 348 g/mol. The van der Waals surface area contributed by atoms with Gasteiger partial charge in [-0.2, -0.15) is 0 Å². The summed E-state index contributed by atoms with van der Waals surface area (Å²) in [4.78, 5) is 32.0. The number of ketones is 1. The molecular formula is C21H20N2O3. The van der Waals surface area contributed by atoms with Gasteiger partial charge in [0.2, 0.25) is 0 Å². The van der Waals surface area contributed by atoms with Crippen molar-refractivity contribution in [2.24, 2.45) is 0 Å². The lowest BCUT2D eigenvalue weighted by molar-refractivity contribution is 0.0112. The molecule has 1 spiro atoms. The lowest BCUT2D eigenvalue weighted by atomic mass is 9.78. The van der Waals surface area contributed by atoms with E-state index in [1.807, 2.05) is 48.2 Å². The summed E-state index contributed by atoms with van der Waals surface area (Å²) >= 11 is 0. The Bertz CT molecular complexity index is 908. The number of aryl methyl sites for hydroxylation is 1. The number of aromatic nitrogens is 1. The first kappa shape index (κ1) is 15.6. The zero-order valence-corrected chi connectivity index (χ0v) is 14.6. The minimum Gasteiger partial charge on any atom is -0.484 e. The van der Waals surface area contributed by atoms with Crippen LogP contribution >= 0.6 is 0 Å². The predicted molar refractivity (Wildman–Crippen MR) is 95.3 cm³/mol. The first-order chi connectivity index (χ1) is 12.6. The Balaban J connectivity index is 1.49. The molecule has 3 aliphatic rings. The van der Waals surface area contributed by atoms with Gasteiger partial charge in [0.1, 0.15) is 11.4 Å². The lowest BCUT2D eigenvalue weighted by Crippen LogP contribution is -2.52. The maximum atomic E-state index is 13.1. The number of Topliss-reactive ketones (excluding diaryl/α,β-unsaturated/α-hetero) is 1. The van der Waals surface area contributed by atoms with E-state index in [4.69, 9.17) is 4.74 Å². The largest absolute Gasteiger partial charge is 0.484 e. The Kier molecular flexibility index (Phi) is 3.23. The summed E-state index contributed by atoms with van der Waals surface area (Å²) in [6, 6.07) is 11.2. The topological polar surface area (TPSA) is 59.5 Å². The van der Waals surface area contributed by atoms with Gasteiger partial charge in [0, 0.05) is 24.4 Å². The van der Waals surface area contributed by atoms with Gasteiger partial charge in [-0.1, -0.05) is 12.1 Å². The molecule has 132 valence electrons. The molecule has 5 heteroatoms. The maximum absolute atomic E-state index is 13.1. The Morgan fingerprint density at radius 2 is 2.08 bits per heavy atom. The summed E-state index contributed by atoms with van der Waals surface area (Å²) in [6.07, 6.45) is 4.57. The van der Waals surface area contributed by atoms with E-state index in [1.165, 1.54) is 0 Å². The van der Waals surface area contributed by atoms with Gasteiger partial charge in [-0.05, 0) is 44.0 Å². The zero-order chi connectivity index (χ0) is 17.9. The van der Waals surface area contributed by atoms with E-state index in [9.17, 15) is 9.59 Å². The molecule has 2 fully saturated rings. The molecule has 3 aliphatic heterocycles. The first-order valence-electron chi connectivity index (χ1n) is 9.14. The van der Waals surface area contributed by atoms with Crippen LogP contribution in [0.4, 0.5) is 0 Å². The fourth-order valence-electron chi connectivity index (χ4n) is 4.89. The number of carbonyl (C=O) groups excluding carboxylic acids is 2. The fourth-order valence-corrected chi connectivity index (χ4v) is 4.89. The van der Waals surface area contributed by atoms with Crippen molar-refractivity contribution in [3.63, 3.8) is 0 Å². The molecule has 2 aromatic rings. The highest BCUT2D eigenvalue weighted by Gasteiger charge is 2.61. The number of fused-ring (bicyclic) bond motifs is 4. The molecule has 0 radical (unpaired) electrons.